The fraction of sp³-hybridized carbons (Fsp3) is 0. The highest BCUT2D eigenvalue weighted by atomic mass is 32.2. The molecular weight excluding hydrogens is 283 g/mol. The van der Waals surface area contributed by atoms with Crippen molar-refractivity contribution in [3.63, 3.8) is 0 Å². The van der Waals surface area contributed by atoms with Gasteiger partial charge in [-0.3, -0.25) is 4.72 Å². The van der Waals surface area contributed by atoms with Crippen molar-refractivity contribution < 1.29 is 12.8 Å². The van der Waals surface area contributed by atoms with Gasteiger partial charge in [0.2, 0.25) is 0 Å². The predicted molar refractivity (Wildman–Crippen MR) is 70.6 cm³/mol. The Morgan fingerprint density at radius 1 is 1.30 bits per heavy atom. The monoisotopic (exact) mass is 292 g/mol. The molecule has 1 heterocycles. The third kappa shape index (κ3) is 2.84. The van der Waals surface area contributed by atoms with Gasteiger partial charge in [0.05, 0.1) is 22.3 Å². The molecule has 1 aromatic carbocycles. The zero-order valence-corrected chi connectivity index (χ0v) is 10.9. The Labute approximate surface area is 114 Å². The van der Waals surface area contributed by atoms with Crippen molar-refractivity contribution in [3.8, 4) is 6.07 Å². The standard InChI is InChI=1S/C12H9FN4O2S/c13-11-3-2-10(5-8(11)6-14)20(18,19)17-12-4-1-9(15)7-16-12/h1-5,7H,15H2,(H,16,17). The van der Waals surface area contributed by atoms with Gasteiger partial charge in [-0.25, -0.2) is 17.8 Å². The maximum absolute atomic E-state index is 13.2. The smallest absolute Gasteiger partial charge is 0.263 e. The van der Waals surface area contributed by atoms with E-state index in [1.807, 2.05) is 0 Å². The van der Waals surface area contributed by atoms with Crippen LogP contribution in [0.4, 0.5) is 15.9 Å². The molecular formula is C12H9FN4O2S. The molecule has 0 amide bonds. The third-order valence-corrected chi connectivity index (χ3v) is 3.75. The summed E-state index contributed by atoms with van der Waals surface area (Å²) in [7, 11) is -3.95. The van der Waals surface area contributed by atoms with Crippen molar-refractivity contribution in [2.24, 2.45) is 0 Å². The highest BCUT2D eigenvalue weighted by Crippen LogP contribution is 2.17. The van der Waals surface area contributed by atoms with E-state index in [4.69, 9.17) is 11.0 Å². The number of aromatic nitrogens is 1. The lowest BCUT2D eigenvalue weighted by molar-refractivity contribution is 0.599. The van der Waals surface area contributed by atoms with Crippen LogP contribution in [-0.2, 0) is 10.0 Å². The van der Waals surface area contributed by atoms with Crippen LogP contribution in [0.3, 0.4) is 0 Å². The van der Waals surface area contributed by atoms with Gasteiger partial charge in [0.1, 0.15) is 17.7 Å². The van der Waals surface area contributed by atoms with E-state index < -0.39 is 15.8 Å². The Hall–Kier alpha value is -2.66. The van der Waals surface area contributed by atoms with Crippen molar-refractivity contribution >= 4 is 21.5 Å². The van der Waals surface area contributed by atoms with Gasteiger partial charge in [-0.2, -0.15) is 5.26 Å². The number of rotatable bonds is 3. The first-order valence-electron chi connectivity index (χ1n) is 5.36. The maximum Gasteiger partial charge on any atom is 0.263 e. The molecule has 20 heavy (non-hydrogen) atoms. The minimum atomic E-state index is -3.95. The Bertz CT molecular complexity index is 782. The molecule has 0 atom stereocenters. The van der Waals surface area contributed by atoms with Gasteiger partial charge in [-0.05, 0) is 30.3 Å². The van der Waals surface area contributed by atoms with E-state index in [1.54, 1.807) is 6.07 Å². The van der Waals surface area contributed by atoms with Gasteiger partial charge in [0, 0.05) is 0 Å². The highest BCUT2D eigenvalue weighted by molar-refractivity contribution is 7.92. The number of hydrogen-bond acceptors (Lipinski definition) is 5. The van der Waals surface area contributed by atoms with Crippen LogP contribution in [0.15, 0.2) is 41.4 Å². The summed E-state index contributed by atoms with van der Waals surface area (Å²) in [5.41, 5.74) is 5.48. The van der Waals surface area contributed by atoms with E-state index in [1.165, 1.54) is 18.3 Å². The number of nitrogens with one attached hydrogen (secondary N) is 1. The van der Waals surface area contributed by atoms with Gasteiger partial charge in [0.15, 0.2) is 0 Å². The Kier molecular flexibility index (Phi) is 3.54. The van der Waals surface area contributed by atoms with Gasteiger partial charge < -0.3 is 5.73 Å². The van der Waals surface area contributed by atoms with E-state index in [0.29, 0.717) is 5.69 Å². The van der Waals surface area contributed by atoms with Crippen LogP contribution in [0.2, 0.25) is 0 Å². The molecule has 0 saturated heterocycles. The number of pyridine rings is 1. The molecule has 0 radical (unpaired) electrons. The zero-order chi connectivity index (χ0) is 14.8. The predicted octanol–water partition coefficient (Wildman–Crippen LogP) is 1.48. The largest absolute Gasteiger partial charge is 0.397 e. The highest BCUT2D eigenvalue weighted by Gasteiger charge is 2.17. The van der Waals surface area contributed by atoms with Crippen LogP contribution in [0, 0.1) is 17.1 Å². The number of halogens is 1. The van der Waals surface area contributed by atoms with Gasteiger partial charge in [0.25, 0.3) is 10.0 Å². The molecule has 0 saturated carbocycles. The number of benzene rings is 1. The van der Waals surface area contributed by atoms with Crippen LogP contribution in [-0.4, -0.2) is 13.4 Å². The quantitative estimate of drug-likeness (QED) is 0.890. The first-order valence-corrected chi connectivity index (χ1v) is 6.85. The van der Waals surface area contributed by atoms with Crippen molar-refractivity contribution in [2.75, 3.05) is 10.5 Å². The molecule has 102 valence electrons. The van der Waals surface area contributed by atoms with E-state index in [0.717, 1.165) is 18.2 Å². The Balaban J connectivity index is 2.36. The van der Waals surface area contributed by atoms with Crippen LogP contribution < -0.4 is 10.5 Å². The summed E-state index contributed by atoms with van der Waals surface area (Å²) in [6, 6.07) is 7.39. The van der Waals surface area contributed by atoms with Crippen molar-refractivity contribution in [1.29, 1.82) is 5.26 Å². The first kappa shape index (κ1) is 13.8. The van der Waals surface area contributed by atoms with E-state index in [-0.39, 0.29) is 16.3 Å². The first-order chi connectivity index (χ1) is 9.42. The topological polar surface area (TPSA) is 109 Å². The van der Waals surface area contributed by atoms with Gasteiger partial charge in [-0.1, -0.05) is 0 Å². The molecule has 0 unspecified atom stereocenters. The molecule has 8 heteroatoms. The lowest BCUT2D eigenvalue weighted by Crippen LogP contribution is -2.14. The molecule has 3 N–H and O–H groups in total. The molecule has 6 nitrogen and oxygen atoms in total. The number of nitrogens with two attached hydrogens (primary N) is 1. The minimum absolute atomic E-state index is 0.0713. The number of nitrogen functional groups attached to an aromatic ring is 1. The fourth-order valence-electron chi connectivity index (χ4n) is 1.42. The number of anilines is 2. The van der Waals surface area contributed by atoms with E-state index in [2.05, 4.69) is 9.71 Å². The molecule has 0 fully saturated rings. The number of nitrogens with zero attached hydrogens (tertiary/aromatic N) is 2. The van der Waals surface area contributed by atoms with Crippen molar-refractivity contribution in [2.45, 2.75) is 4.90 Å². The summed E-state index contributed by atoms with van der Waals surface area (Å²) in [4.78, 5) is 3.57. The summed E-state index contributed by atoms with van der Waals surface area (Å²) >= 11 is 0. The summed E-state index contributed by atoms with van der Waals surface area (Å²) in [6.07, 6.45) is 1.29. The molecule has 0 spiro atoms. The zero-order valence-electron chi connectivity index (χ0n) is 10.0. The molecule has 2 aromatic rings. The van der Waals surface area contributed by atoms with E-state index >= 15 is 0 Å². The van der Waals surface area contributed by atoms with Crippen LogP contribution >= 0.6 is 0 Å². The molecule has 0 bridgehead atoms. The molecule has 0 aliphatic carbocycles. The minimum Gasteiger partial charge on any atom is -0.397 e. The van der Waals surface area contributed by atoms with Crippen LogP contribution in [0.1, 0.15) is 5.56 Å². The Morgan fingerprint density at radius 2 is 2.05 bits per heavy atom. The summed E-state index contributed by atoms with van der Waals surface area (Å²) in [6.45, 7) is 0. The molecule has 0 aliphatic rings. The van der Waals surface area contributed by atoms with Gasteiger partial charge in [-0.15, -0.1) is 0 Å². The second kappa shape index (κ2) is 5.14. The number of hydrogen-bond donors (Lipinski definition) is 2. The normalized spacial score (nSPS) is 10.8. The maximum atomic E-state index is 13.2. The second-order valence-corrected chi connectivity index (χ2v) is 5.52. The third-order valence-electron chi connectivity index (χ3n) is 2.39. The number of nitriles is 1. The fourth-order valence-corrected chi connectivity index (χ4v) is 2.45. The molecule has 0 aliphatic heterocycles. The average molecular weight is 292 g/mol. The van der Waals surface area contributed by atoms with Crippen LogP contribution in [0.25, 0.3) is 0 Å². The van der Waals surface area contributed by atoms with Crippen molar-refractivity contribution in [3.05, 3.63) is 47.9 Å². The summed E-state index contributed by atoms with van der Waals surface area (Å²) in [5, 5.41) is 8.70. The summed E-state index contributed by atoms with van der Waals surface area (Å²) in [5.74, 6) is -0.709. The lowest BCUT2D eigenvalue weighted by Gasteiger charge is -2.07. The average Bonchev–Trinajstić information content (AvgIpc) is 2.41. The van der Waals surface area contributed by atoms with Crippen molar-refractivity contribution in [1.82, 2.24) is 4.98 Å². The van der Waals surface area contributed by atoms with E-state index in [9.17, 15) is 12.8 Å². The molecule has 1 aromatic heterocycles. The SMILES string of the molecule is N#Cc1cc(S(=O)(=O)Nc2ccc(N)cn2)ccc1F. The van der Waals surface area contributed by atoms with Crippen LogP contribution in [0.5, 0.6) is 0 Å². The lowest BCUT2D eigenvalue weighted by atomic mass is 10.2. The van der Waals surface area contributed by atoms with Gasteiger partial charge >= 0.3 is 0 Å². The number of sulfonamides is 1. The summed E-state index contributed by atoms with van der Waals surface area (Å²) < 4.78 is 39.5. The molecule has 2 rings (SSSR count). The Morgan fingerprint density at radius 3 is 2.65 bits per heavy atom. The second-order valence-electron chi connectivity index (χ2n) is 3.84.